The lowest BCUT2D eigenvalue weighted by Gasteiger charge is -2.01. The number of thiazole rings is 1. The van der Waals surface area contributed by atoms with E-state index in [4.69, 9.17) is 5.73 Å². The molecule has 0 aromatic carbocycles. The van der Waals surface area contributed by atoms with Crippen molar-refractivity contribution in [3.8, 4) is 0 Å². The van der Waals surface area contributed by atoms with E-state index in [1.807, 2.05) is 6.20 Å². The topological polar surface area (TPSA) is 50.9 Å². The molecule has 0 fully saturated rings. The SMILES string of the molecule is Cc1cnc(CNCCCCCN)s1. The maximum Gasteiger partial charge on any atom is 0.107 e. The molecule has 4 heteroatoms. The molecule has 0 aliphatic carbocycles. The third-order valence-electron chi connectivity index (χ3n) is 2.00. The van der Waals surface area contributed by atoms with Gasteiger partial charge in [0.05, 0.1) is 0 Å². The fourth-order valence-corrected chi connectivity index (χ4v) is 2.01. The molecule has 0 amide bonds. The van der Waals surface area contributed by atoms with Gasteiger partial charge in [-0.15, -0.1) is 11.3 Å². The van der Waals surface area contributed by atoms with Gasteiger partial charge < -0.3 is 11.1 Å². The average Bonchev–Trinajstić information content (AvgIpc) is 2.58. The Hall–Kier alpha value is -0.450. The highest BCUT2D eigenvalue weighted by atomic mass is 32.1. The molecule has 0 bridgehead atoms. The van der Waals surface area contributed by atoms with Crippen LogP contribution in [-0.2, 0) is 6.54 Å². The van der Waals surface area contributed by atoms with Crippen LogP contribution in [0.3, 0.4) is 0 Å². The van der Waals surface area contributed by atoms with Crippen LogP contribution in [0.2, 0.25) is 0 Å². The summed E-state index contributed by atoms with van der Waals surface area (Å²) in [6, 6.07) is 0. The predicted molar refractivity (Wildman–Crippen MR) is 61.5 cm³/mol. The first kappa shape index (κ1) is 11.6. The number of aryl methyl sites for hydroxylation is 1. The molecule has 0 saturated carbocycles. The van der Waals surface area contributed by atoms with E-state index < -0.39 is 0 Å². The number of unbranched alkanes of at least 4 members (excludes halogenated alkanes) is 2. The molecule has 0 atom stereocenters. The van der Waals surface area contributed by atoms with E-state index in [0.717, 1.165) is 26.1 Å². The van der Waals surface area contributed by atoms with Gasteiger partial charge in [-0.05, 0) is 32.9 Å². The molecule has 1 aromatic rings. The van der Waals surface area contributed by atoms with Gasteiger partial charge in [-0.25, -0.2) is 4.98 Å². The summed E-state index contributed by atoms with van der Waals surface area (Å²) in [6.45, 7) is 4.87. The fraction of sp³-hybridized carbons (Fsp3) is 0.700. The Morgan fingerprint density at radius 2 is 2.29 bits per heavy atom. The smallest absolute Gasteiger partial charge is 0.107 e. The second-order valence-corrected chi connectivity index (χ2v) is 4.71. The number of aromatic nitrogens is 1. The van der Waals surface area contributed by atoms with Gasteiger partial charge in [0.1, 0.15) is 5.01 Å². The average molecular weight is 213 g/mol. The first-order chi connectivity index (χ1) is 6.83. The van der Waals surface area contributed by atoms with Crippen molar-refractivity contribution >= 4 is 11.3 Å². The summed E-state index contributed by atoms with van der Waals surface area (Å²) in [7, 11) is 0. The summed E-state index contributed by atoms with van der Waals surface area (Å²) >= 11 is 1.76. The Morgan fingerprint density at radius 1 is 1.43 bits per heavy atom. The normalized spacial score (nSPS) is 10.7. The number of rotatable bonds is 7. The van der Waals surface area contributed by atoms with Crippen LogP contribution in [0.25, 0.3) is 0 Å². The summed E-state index contributed by atoms with van der Waals surface area (Å²) < 4.78 is 0. The van der Waals surface area contributed by atoms with Crippen LogP contribution in [0.1, 0.15) is 29.1 Å². The standard InChI is InChI=1S/C10H19N3S/c1-9-7-13-10(14-9)8-12-6-4-2-3-5-11/h7,12H,2-6,8,11H2,1H3. The number of nitrogens with zero attached hydrogens (tertiary/aromatic N) is 1. The third kappa shape index (κ3) is 4.69. The van der Waals surface area contributed by atoms with Crippen molar-refractivity contribution in [1.82, 2.24) is 10.3 Å². The highest BCUT2D eigenvalue weighted by Crippen LogP contribution is 2.10. The minimum atomic E-state index is 0.811. The molecule has 3 nitrogen and oxygen atoms in total. The van der Waals surface area contributed by atoms with Gasteiger partial charge in [0.15, 0.2) is 0 Å². The molecule has 0 radical (unpaired) electrons. The predicted octanol–water partition coefficient (Wildman–Crippen LogP) is 1.67. The van der Waals surface area contributed by atoms with Crippen LogP contribution >= 0.6 is 11.3 Å². The molecule has 1 aromatic heterocycles. The molecule has 14 heavy (non-hydrogen) atoms. The molecule has 80 valence electrons. The maximum atomic E-state index is 5.41. The van der Waals surface area contributed by atoms with Crippen LogP contribution in [-0.4, -0.2) is 18.1 Å². The molecule has 1 heterocycles. The second kappa shape index (κ2) is 6.92. The van der Waals surface area contributed by atoms with Crippen LogP contribution in [0, 0.1) is 6.92 Å². The molecular weight excluding hydrogens is 194 g/mol. The minimum absolute atomic E-state index is 0.811. The van der Waals surface area contributed by atoms with E-state index in [1.54, 1.807) is 11.3 Å². The zero-order valence-electron chi connectivity index (χ0n) is 8.75. The van der Waals surface area contributed by atoms with Crippen molar-refractivity contribution in [3.63, 3.8) is 0 Å². The third-order valence-corrected chi connectivity index (χ3v) is 2.92. The van der Waals surface area contributed by atoms with Crippen LogP contribution in [0.5, 0.6) is 0 Å². The molecule has 0 spiro atoms. The first-order valence-electron chi connectivity index (χ1n) is 5.15. The van der Waals surface area contributed by atoms with Crippen molar-refractivity contribution in [2.75, 3.05) is 13.1 Å². The van der Waals surface area contributed by atoms with Crippen molar-refractivity contribution in [2.45, 2.75) is 32.7 Å². The van der Waals surface area contributed by atoms with E-state index in [2.05, 4.69) is 17.2 Å². The maximum absolute atomic E-state index is 5.41. The Labute approximate surface area is 89.7 Å². The summed E-state index contributed by atoms with van der Waals surface area (Å²) in [5.74, 6) is 0. The lowest BCUT2D eigenvalue weighted by atomic mass is 10.2. The lowest BCUT2D eigenvalue weighted by molar-refractivity contribution is 0.605. The van der Waals surface area contributed by atoms with Gasteiger partial charge in [0.2, 0.25) is 0 Å². The van der Waals surface area contributed by atoms with E-state index in [9.17, 15) is 0 Å². The first-order valence-corrected chi connectivity index (χ1v) is 5.96. The van der Waals surface area contributed by atoms with Gasteiger partial charge >= 0.3 is 0 Å². The zero-order chi connectivity index (χ0) is 10.2. The number of hydrogen-bond donors (Lipinski definition) is 2. The Bertz CT molecular complexity index is 247. The zero-order valence-corrected chi connectivity index (χ0v) is 9.57. The van der Waals surface area contributed by atoms with Gasteiger partial charge in [-0.2, -0.15) is 0 Å². The summed E-state index contributed by atoms with van der Waals surface area (Å²) in [4.78, 5) is 5.57. The van der Waals surface area contributed by atoms with Gasteiger partial charge in [-0.1, -0.05) is 6.42 Å². The van der Waals surface area contributed by atoms with E-state index in [1.165, 1.54) is 22.7 Å². The van der Waals surface area contributed by atoms with Crippen molar-refractivity contribution in [1.29, 1.82) is 0 Å². The van der Waals surface area contributed by atoms with Gasteiger partial charge in [0, 0.05) is 17.6 Å². The molecule has 1 rings (SSSR count). The van der Waals surface area contributed by atoms with Crippen LogP contribution in [0.15, 0.2) is 6.20 Å². The largest absolute Gasteiger partial charge is 0.330 e. The van der Waals surface area contributed by atoms with Crippen LogP contribution in [0.4, 0.5) is 0 Å². The number of hydrogen-bond acceptors (Lipinski definition) is 4. The molecule has 0 unspecified atom stereocenters. The Morgan fingerprint density at radius 3 is 2.93 bits per heavy atom. The molecule has 3 N–H and O–H groups in total. The van der Waals surface area contributed by atoms with E-state index in [0.29, 0.717) is 0 Å². The Balaban J connectivity index is 1.99. The van der Waals surface area contributed by atoms with Crippen LogP contribution < -0.4 is 11.1 Å². The molecule has 0 aliphatic heterocycles. The fourth-order valence-electron chi connectivity index (χ4n) is 1.25. The van der Waals surface area contributed by atoms with Crippen molar-refractivity contribution in [3.05, 3.63) is 16.1 Å². The number of nitrogens with one attached hydrogen (secondary N) is 1. The molecule has 0 saturated heterocycles. The monoisotopic (exact) mass is 213 g/mol. The number of nitrogens with two attached hydrogens (primary N) is 1. The van der Waals surface area contributed by atoms with Crippen molar-refractivity contribution < 1.29 is 0 Å². The lowest BCUT2D eigenvalue weighted by Crippen LogP contribution is -2.14. The second-order valence-electron chi connectivity index (χ2n) is 3.39. The quantitative estimate of drug-likeness (QED) is 0.677. The minimum Gasteiger partial charge on any atom is -0.330 e. The van der Waals surface area contributed by atoms with E-state index in [-0.39, 0.29) is 0 Å². The van der Waals surface area contributed by atoms with Gasteiger partial charge in [0.25, 0.3) is 0 Å². The Kier molecular flexibility index (Phi) is 5.75. The molecule has 0 aliphatic rings. The summed E-state index contributed by atoms with van der Waals surface area (Å²) in [5, 5.41) is 4.56. The highest BCUT2D eigenvalue weighted by Gasteiger charge is 1.96. The van der Waals surface area contributed by atoms with E-state index >= 15 is 0 Å². The highest BCUT2D eigenvalue weighted by molar-refractivity contribution is 7.11. The van der Waals surface area contributed by atoms with Crippen molar-refractivity contribution in [2.24, 2.45) is 5.73 Å². The van der Waals surface area contributed by atoms with Gasteiger partial charge in [-0.3, -0.25) is 0 Å². The molecular formula is C10H19N3S. The summed E-state index contributed by atoms with van der Waals surface area (Å²) in [6.07, 6.45) is 5.50. The summed E-state index contributed by atoms with van der Waals surface area (Å²) in [5.41, 5.74) is 5.41.